The summed E-state index contributed by atoms with van der Waals surface area (Å²) in [4.78, 5) is 20.5. The molecule has 2 heterocycles. The van der Waals surface area contributed by atoms with Gasteiger partial charge in [0.1, 0.15) is 11.3 Å². The minimum Gasteiger partial charge on any atom is -0.426 e. The second kappa shape index (κ2) is 6.29. The first kappa shape index (κ1) is 15.8. The van der Waals surface area contributed by atoms with Crippen molar-refractivity contribution >= 4 is 22.6 Å². The number of pyridine rings is 1. The van der Waals surface area contributed by atoms with Crippen LogP contribution in [0.15, 0.2) is 67.0 Å². The molecule has 0 saturated carbocycles. The number of imidazole rings is 1. The van der Waals surface area contributed by atoms with Crippen LogP contribution in [0.3, 0.4) is 0 Å². The quantitative estimate of drug-likeness (QED) is 0.553. The number of hydrogen-bond donors (Lipinski definition) is 2. The van der Waals surface area contributed by atoms with Crippen LogP contribution in [0.5, 0.6) is 0 Å². The van der Waals surface area contributed by atoms with Crippen LogP contribution in [0.1, 0.15) is 10.4 Å². The Balaban J connectivity index is 1.57. The minimum absolute atomic E-state index is 0.335. The predicted molar refractivity (Wildman–Crippen MR) is 94.5 cm³/mol. The fourth-order valence-corrected chi connectivity index (χ4v) is 2.61. The Hall–Kier alpha value is -3.74. The number of hydrogen-bond acceptors (Lipinski definition) is 4. The normalized spacial score (nSPS) is 10.8. The van der Waals surface area contributed by atoms with Crippen LogP contribution in [0.25, 0.3) is 22.4 Å². The number of nitrogens with zero attached hydrogens (tertiary/aromatic N) is 3. The van der Waals surface area contributed by atoms with Gasteiger partial charge >= 0.3 is 0 Å². The molecule has 128 valence electrons. The molecule has 0 bridgehead atoms. The Labute approximate surface area is 147 Å². The third-order valence-corrected chi connectivity index (χ3v) is 3.94. The maximum absolute atomic E-state index is 12.9. The summed E-state index contributed by atoms with van der Waals surface area (Å²) in [5.41, 5.74) is 2.76. The summed E-state index contributed by atoms with van der Waals surface area (Å²) in [5.74, 6) is -0.351. The molecule has 1 amide bonds. The zero-order valence-electron chi connectivity index (χ0n) is 13.4. The molecular formula is C19H13FN4O2. The lowest BCUT2D eigenvalue weighted by Crippen LogP contribution is -2.11. The van der Waals surface area contributed by atoms with Gasteiger partial charge in [0, 0.05) is 23.0 Å². The van der Waals surface area contributed by atoms with Crippen LogP contribution in [0.2, 0.25) is 0 Å². The van der Waals surface area contributed by atoms with Gasteiger partial charge in [-0.3, -0.25) is 9.78 Å². The van der Waals surface area contributed by atoms with Gasteiger partial charge < -0.3 is 10.5 Å². The van der Waals surface area contributed by atoms with Gasteiger partial charge in [0.05, 0.1) is 11.7 Å². The first-order valence-electron chi connectivity index (χ1n) is 7.81. The van der Waals surface area contributed by atoms with E-state index in [1.165, 1.54) is 30.5 Å². The van der Waals surface area contributed by atoms with E-state index in [0.717, 1.165) is 4.73 Å². The summed E-state index contributed by atoms with van der Waals surface area (Å²) in [6.07, 6.45) is 3.14. The number of nitrogens with one attached hydrogen (secondary N) is 1. The summed E-state index contributed by atoms with van der Waals surface area (Å²) in [6, 6.07) is 13.9. The maximum Gasteiger partial charge on any atom is 0.255 e. The molecule has 2 aromatic heterocycles. The molecule has 7 heteroatoms. The largest absolute Gasteiger partial charge is 0.426 e. The predicted octanol–water partition coefficient (Wildman–Crippen LogP) is 3.73. The molecular weight excluding hydrogens is 335 g/mol. The number of carbonyl (C=O) groups excluding carboxylic acids is 1. The maximum atomic E-state index is 12.9. The first-order chi connectivity index (χ1) is 12.6. The zero-order chi connectivity index (χ0) is 18.1. The third kappa shape index (κ3) is 2.86. The van der Waals surface area contributed by atoms with E-state index in [-0.39, 0.29) is 5.91 Å². The van der Waals surface area contributed by atoms with Gasteiger partial charge in [-0.15, -0.1) is 0 Å². The van der Waals surface area contributed by atoms with Crippen molar-refractivity contribution in [3.63, 3.8) is 0 Å². The van der Waals surface area contributed by atoms with Crippen molar-refractivity contribution in [1.82, 2.24) is 14.7 Å². The van der Waals surface area contributed by atoms with E-state index in [4.69, 9.17) is 0 Å². The highest BCUT2D eigenvalue weighted by Gasteiger charge is 2.12. The number of amides is 1. The van der Waals surface area contributed by atoms with E-state index in [1.807, 2.05) is 0 Å². The van der Waals surface area contributed by atoms with Crippen LogP contribution in [-0.2, 0) is 0 Å². The number of benzene rings is 2. The first-order valence-corrected chi connectivity index (χ1v) is 7.81. The molecule has 4 rings (SSSR count). The highest BCUT2D eigenvalue weighted by molar-refractivity contribution is 6.04. The lowest BCUT2D eigenvalue weighted by Gasteiger charge is -2.06. The van der Waals surface area contributed by atoms with E-state index in [9.17, 15) is 14.4 Å². The van der Waals surface area contributed by atoms with Crippen molar-refractivity contribution in [2.45, 2.75) is 0 Å². The Morgan fingerprint density at radius 3 is 2.46 bits per heavy atom. The molecule has 2 aromatic carbocycles. The second-order valence-electron chi connectivity index (χ2n) is 5.65. The Morgan fingerprint density at radius 2 is 1.77 bits per heavy atom. The average molecular weight is 348 g/mol. The Kier molecular flexibility index (Phi) is 3.81. The Morgan fingerprint density at radius 1 is 1.04 bits per heavy atom. The third-order valence-electron chi connectivity index (χ3n) is 3.94. The molecule has 0 aliphatic carbocycles. The number of carbonyl (C=O) groups is 1. The number of rotatable bonds is 3. The standard InChI is InChI=1S/C19H13FN4O2/c20-14-5-1-13(2-6-14)19(25)22-15-7-3-12(4-8-15)18-23-16-9-10-21-11-17(16)24(18)26/h1-11,26H,(H,22,25). The van der Waals surface area contributed by atoms with E-state index >= 15 is 0 Å². The molecule has 0 aliphatic rings. The molecule has 0 spiro atoms. The van der Waals surface area contributed by atoms with Gasteiger partial charge in [-0.25, -0.2) is 9.37 Å². The number of aromatic nitrogens is 3. The summed E-state index contributed by atoms with van der Waals surface area (Å²) >= 11 is 0. The highest BCUT2D eigenvalue weighted by Crippen LogP contribution is 2.24. The molecule has 0 saturated heterocycles. The lowest BCUT2D eigenvalue weighted by molar-refractivity contribution is 0.102. The molecule has 0 fully saturated rings. The number of halogens is 1. The molecule has 0 atom stereocenters. The summed E-state index contributed by atoms with van der Waals surface area (Å²) in [7, 11) is 0. The van der Waals surface area contributed by atoms with Crippen LogP contribution in [0, 0.1) is 5.82 Å². The SMILES string of the molecule is O=C(Nc1ccc(-c2nc3ccncc3n2O)cc1)c1ccc(F)cc1. The van der Waals surface area contributed by atoms with Crippen molar-refractivity contribution < 1.29 is 14.4 Å². The van der Waals surface area contributed by atoms with Crippen molar-refractivity contribution in [1.29, 1.82) is 0 Å². The zero-order valence-corrected chi connectivity index (χ0v) is 13.4. The minimum atomic E-state index is -0.395. The van der Waals surface area contributed by atoms with E-state index in [0.29, 0.717) is 33.7 Å². The van der Waals surface area contributed by atoms with Crippen molar-refractivity contribution in [3.05, 3.63) is 78.4 Å². The van der Waals surface area contributed by atoms with E-state index in [2.05, 4.69) is 15.3 Å². The molecule has 0 aliphatic heterocycles. The van der Waals surface area contributed by atoms with Crippen molar-refractivity contribution in [2.24, 2.45) is 0 Å². The molecule has 26 heavy (non-hydrogen) atoms. The smallest absolute Gasteiger partial charge is 0.255 e. The van der Waals surface area contributed by atoms with Gasteiger partial charge in [0.2, 0.25) is 0 Å². The van der Waals surface area contributed by atoms with Crippen LogP contribution >= 0.6 is 0 Å². The number of fused-ring (bicyclic) bond motifs is 1. The number of anilines is 1. The van der Waals surface area contributed by atoms with Crippen LogP contribution in [-0.4, -0.2) is 25.8 Å². The fraction of sp³-hybridized carbons (Fsp3) is 0. The summed E-state index contributed by atoms with van der Waals surface area (Å²) in [5, 5.41) is 13.0. The highest BCUT2D eigenvalue weighted by atomic mass is 19.1. The summed E-state index contributed by atoms with van der Waals surface area (Å²) < 4.78 is 13.9. The Bertz CT molecular complexity index is 1090. The van der Waals surface area contributed by atoms with Gasteiger partial charge in [0.25, 0.3) is 5.91 Å². The lowest BCUT2D eigenvalue weighted by atomic mass is 10.1. The molecule has 0 unspecified atom stereocenters. The topological polar surface area (TPSA) is 80.0 Å². The van der Waals surface area contributed by atoms with Gasteiger partial charge in [-0.1, -0.05) is 0 Å². The molecule has 0 radical (unpaired) electrons. The van der Waals surface area contributed by atoms with E-state index < -0.39 is 5.82 Å². The molecule has 6 nitrogen and oxygen atoms in total. The summed E-state index contributed by atoms with van der Waals surface area (Å²) in [6.45, 7) is 0. The molecule has 2 N–H and O–H groups in total. The van der Waals surface area contributed by atoms with Gasteiger partial charge in [0.15, 0.2) is 5.82 Å². The van der Waals surface area contributed by atoms with Crippen LogP contribution in [0.4, 0.5) is 10.1 Å². The molecule has 4 aromatic rings. The van der Waals surface area contributed by atoms with Crippen molar-refractivity contribution in [2.75, 3.05) is 5.32 Å². The van der Waals surface area contributed by atoms with Crippen molar-refractivity contribution in [3.8, 4) is 11.4 Å². The van der Waals surface area contributed by atoms with E-state index in [1.54, 1.807) is 36.5 Å². The average Bonchev–Trinajstić information content (AvgIpc) is 3.00. The van der Waals surface area contributed by atoms with Crippen LogP contribution < -0.4 is 5.32 Å². The monoisotopic (exact) mass is 348 g/mol. The van der Waals surface area contributed by atoms with Gasteiger partial charge in [-0.2, -0.15) is 4.73 Å². The second-order valence-corrected chi connectivity index (χ2v) is 5.65. The fourth-order valence-electron chi connectivity index (χ4n) is 2.61. The van der Waals surface area contributed by atoms with Gasteiger partial charge in [-0.05, 0) is 54.6 Å².